The molecule has 3 aromatic rings. The third-order valence-corrected chi connectivity index (χ3v) is 5.81. The Kier molecular flexibility index (Phi) is 6.07. The van der Waals surface area contributed by atoms with Crippen molar-refractivity contribution in [1.82, 2.24) is 19.4 Å². The summed E-state index contributed by atoms with van der Waals surface area (Å²) in [5, 5.41) is 0.454. The average Bonchev–Trinajstić information content (AvgIpc) is 2.78. The molecule has 2 aromatic heterocycles. The summed E-state index contributed by atoms with van der Waals surface area (Å²) in [6, 6.07) is 6.98. The number of aromatic nitrogens is 3. The molecule has 0 bridgehead atoms. The van der Waals surface area contributed by atoms with E-state index in [9.17, 15) is 9.59 Å². The lowest BCUT2D eigenvalue weighted by Gasteiger charge is -2.34. The second kappa shape index (κ2) is 8.85. The fourth-order valence-corrected chi connectivity index (χ4v) is 4.18. The summed E-state index contributed by atoms with van der Waals surface area (Å²) in [6.45, 7) is 6.45. The van der Waals surface area contributed by atoms with Crippen molar-refractivity contribution < 1.29 is 14.3 Å². The molecule has 1 amide bonds. The van der Waals surface area contributed by atoms with Crippen molar-refractivity contribution in [3.63, 3.8) is 0 Å². The molecule has 10 heteroatoms. The van der Waals surface area contributed by atoms with E-state index in [1.807, 2.05) is 26.8 Å². The molecule has 0 unspecified atom stereocenters. The maximum Gasteiger partial charge on any atom is 0.410 e. The molecule has 1 fully saturated rings. The first-order valence-electron chi connectivity index (χ1n) is 11.2. The van der Waals surface area contributed by atoms with Crippen LogP contribution in [0.1, 0.15) is 39.7 Å². The van der Waals surface area contributed by atoms with Crippen LogP contribution in [0.25, 0.3) is 22.0 Å². The summed E-state index contributed by atoms with van der Waals surface area (Å²) < 4.78 is 12.1. The monoisotopic (exact) mass is 466 g/mol. The van der Waals surface area contributed by atoms with Crippen molar-refractivity contribution in [3.8, 4) is 17.0 Å². The Morgan fingerprint density at radius 2 is 1.82 bits per heavy atom. The minimum Gasteiger partial charge on any atom is -0.480 e. The number of anilines is 2. The Morgan fingerprint density at radius 3 is 2.44 bits per heavy atom. The normalized spacial score (nSPS) is 14.9. The van der Waals surface area contributed by atoms with Crippen molar-refractivity contribution in [2.24, 2.45) is 0 Å². The largest absolute Gasteiger partial charge is 0.480 e. The first kappa shape index (κ1) is 23.3. The number of fused-ring (bicyclic) bond motifs is 1. The highest BCUT2D eigenvalue weighted by Crippen LogP contribution is 2.29. The highest BCUT2D eigenvalue weighted by atomic mass is 16.6. The minimum absolute atomic E-state index is 0.162. The van der Waals surface area contributed by atoms with Crippen LogP contribution in [-0.4, -0.2) is 51.3 Å². The molecule has 0 radical (unpaired) electrons. The number of benzene rings is 1. The molecule has 4 N–H and O–H groups in total. The van der Waals surface area contributed by atoms with Gasteiger partial charge in [0.1, 0.15) is 5.60 Å². The molecule has 1 aromatic carbocycles. The number of pyridine rings is 1. The van der Waals surface area contributed by atoms with Gasteiger partial charge in [0.2, 0.25) is 11.8 Å². The van der Waals surface area contributed by atoms with Gasteiger partial charge in [0.15, 0.2) is 0 Å². The van der Waals surface area contributed by atoms with E-state index in [1.165, 1.54) is 7.11 Å². The lowest BCUT2D eigenvalue weighted by Crippen LogP contribution is -2.43. The Labute approximate surface area is 197 Å². The fourth-order valence-electron chi connectivity index (χ4n) is 4.18. The second-order valence-electron chi connectivity index (χ2n) is 9.40. The Bertz CT molecular complexity index is 1290. The number of hydrogen-bond donors (Lipinski definition) is 2. The van der Waals surface area contributed by atoms with E-state index in [0.29, 0.717) is 48.4 Å². The molecule has 0 atom stereocenters. The molecule has 1 aliphatic rings. The lowest BCUT2D eigenvalue weighted by molar-refractivity contribution is 0.0188. The predicted molar refractivity (Wildman–Crippen MR) is 131 cm³/mol. The Balaban J connectivity index is 1.62. The summed E-state index contributed by atoms with van der Waals surface area (Å²) in [7, 11) is 1.50. The summed E-state index contributed by atoms with van der Waals surface area (Å²) in [5.74, 6) is 0.510. The predicted octanol–water partition coefficient (Wildman–Crippen LogP) is 3.20. The number of rotatable bonds is 3. The van der Waals surface area contributed by atoms with Crippen LogP contribution in [0, 0.1) is 0 Å². The van der Waals surface area contributed by atoms with Crippen molar-refractivity contribution in [1.29, 1.82) is 0 Å². The number of carbonyl (C=O) groups is 1. The maximum atomic E-state index is 13.5. The van der Waals surface area contributed by atoms with Crippen molar-refractivity contribution in [2.75, 3.05) is 31.7 Å². The molecule has 3 heterocycles. The van der Waals surface area contributed by atoms with E-state index in [0.717, 1.165) is 11.1 Å². The molecule has 0 saturated carbocycles. The van der Waals surface area contributed by atoms with Crippen LogP contribution in [-0.2, 0) is 4.74 Å². The zero-order valence-corrected chi connectivity index (χ0v) is 19.9. The number of ether oxygens (including phenoxy) is 2. The van der Waals surface area contributed by atoms with Gasteiger partial charge in [-0.15, -0.1) is 0 Å². The second-order valence-corrected chi connectivity index (χ2v) is 9.40. The maximum absolute atomic E-state index is 13.5. The molecule has 4 rings (SSSR count). The van der Waals surface area contributed by atoms with E-state index < -0.39 is 5.60 Å². The van der Waals surface area contributed by atoms with Gasteiger partial charge in [0.25, 0.3) is 5.56 Å². The van der Waals surface area contributed by atoms with Gasteiger partial charge in [0.05, 0.1) is 23.7 Å². The van der Waals surface area contributed by atoms with Crippen molar-refractivity contribution >= 4 is 28.6 Å². The molecule has 1 saturated heterocycles. The number of piperidine rings is 1. The average molecular weight is 467 g/mol. The van der Waals surface area contributed by atoms with Gasteiger partial charge in [-0.2, -0.15) is 0 Å². The quantitative estimate of drug-likeness (QED) is 0.600. The first-order chi connectivity index (χ1) is 16.1. The van der Waals surface area contributed by atoms with Crippen molar-refractivity contribution in [2.45, 2.75) is 45.3 Å². The highest BCUT2D eigenvalue weighted by Gasteiger charge is 2.29. The number of carbonyl (C=O) groups excluding carboxylic acids is 1. The van der Waals surface area contributed by atoms with E-state index in [1.54, 1.807) is 33.9 Å². The van der Waals surface area contributed by atoms with Crippen molar-refractivity contribution in [3.05, 3.63) is 40.8 Å². The van der Waals surface area contributed by atoms with Crippen LogP contribution < -0.4 is 21.8 Å². The molecule has 0 spiro atoms. The first-order valence-corrected chi connectivity index (χ1v) is 11.2. The van der Waals surface area contributed by atoms with Gasteiger partial charge in [-0.05, 0) is 57.4 Å². The van der Waals surface area contributed by atoms with Crippen LogP contribution in [0.2, 0.25) is 0 Å². The molecule has 180 valence electrons. The zero-order valence-electron chi connectivity index (χ0n) is 19.9. The molecule has 0 aliphatic carbocycles. The molecule has 10 nitrogen and oxygen atoms in total. The SMILES string of the molecule is COc1ncc(-c2ccc3nc(N)n(C4CCN(C(=O)OC(C)(C)C)CC4)c(=O)c3c2)cc1N. The van der Waals surface area contributed by atoms with Gasteiger partial charge in [-0.1, -0.05) is 6.07 Å². The highest BCUT2D eigenvalue weighted by molar-refractivity contribution is 5.85. The van der Waals surface area contributed by atoms with Gasteiger partial charge in [0, 0.05) is 30.9 Å². The summed E-state index contributed by atoms with van der Waals surface area (Å²) in [5.41, 5.74) is 13.9. The summed E-state index contributed by atoms with van der Waals surface area (Å²) >= 11 is 0. The number of likely N-dealkylation sites (tertiary alicyclic amines) is 1. The Hall–Kier alpha value is -3.82. The van der Waals surface area contributed by atoms with E-state index in [2.05, 4.69) is 9.97 Å². The number of nitrogens with zero attached hydrogens (tertiary/aromatic N) is 4. The number of amides is 1. The number of nitrogen functional groups attached to an aromatic ring is 2. The van der Waals surface area contributed by atoms with E-state index in [-0.39, 0.29) is 23.6 Å². The summed E-state index contributed by atoms with van der Waals surface area (Å²) in [6.07, 6.45) is 2.45. The molecular formula is C24H30N6O4. The van der Waals surface area contributed by atoms with Crippen LogP contribution >= 0.6 is 0 Å². The summed E-state index contributed by atoms with van der Waals surface area (Å²) in [4.78, 5) is 36.2. The third kappa shape index (κ3) is 4.61. The van der Waals surface area contributed by atoms with Crippen LogP contribution in [0.15, 0.2) is 35.3 Å². The molecule has 1 aliphatic heterocycles. The van der Waals surface area contributed by atoms with Gasteiger partial charge >= 0.3 is 6.09 Å². The van der Waals surface area contributed by atoms with E-state index in [4.69, 9.17) is 20.9 Å². The van der Waals surface area contributed by atoms with Gasteiger partial charge in [-0.25, -0.2) is 14.8 Å². The number of hydrogen-bond acceptors (Lipinski definition) is 8. The zero-order chi connectivity index (χ0) is 24.6. The minimum atomic E-state index is -0.556. The van der Waals surface area contributed by atoms with E-state index >= 15 is 0 Å². The van der Waals surface area contributed by atoms with Crippen LogP contribution in [0.3, 0.4) is 0 Å². The topological polar surface area (TPSA) is 139 Å². The molecule has 34 heavy (non-hydrogen) atoms. The Morgan fingerprint density at radius 1 is 1.12 bits per heavy atom. The van der Waals surface area contributed by atoms with Gasteiger partial charge < -0.3 is 25.8 Å². The number of methoxy groups -OCH3 is 1. The fraction of sp³-hybridized carbons (Fsp3) is 0.417. The molecular weight excluding hydrogens is 436 g/mol. The van der Waals surface area contributed by atoms with Crippen LogP contribution in [0.4, 0.5) is 16.4 Å². The standard InChI is InChI=1S/C24H30N6O4/c1-24(2,3)34-23(32)29-9-7-16(8-10-29)30-21(31)17-11-14(5-6-19(17)28-22(30)26)15-12-18(25)20(33-4)27-13-15/h5-6,11-13,16H,7-10,25H2,1-4H3,(H2,26,28). The lowest BCUT2D eigenvalue weighted by atomic mass is 10.0. The van der Waals surface area contributed by atoms with Gasteiger partial charge in [-0.3, -0.25) is 9.36 Å². The smallest absolute Gasteiger partial charge is 0.410 e. The number of nitrogens with two attached hydrogens (primary N) is 2. The van der Waals surface area contributed by atoms with Crippen LogP contribution in [0.5, 0.6) is 5.88 Å². The third-order valence-electron chi connectivity index (χ3n) is 5.81.